The first-order valence-electron chi connectivity index (χ1n) is 5.51. The maximum Gasteiger partial charge on any atom is 0.192 e. The van der Waals surface area contributed by atoms with Crippen molar-refractivity contribution in [3.8, 4) is 11.5 Å². The molecule has 0 amide bonds. The third-order valence-corrected chi connectivity index (χ3v) is 3.16. The van der Waals surface area contributed by atoms with Crippen LogP contribution in [-0.2, 0) is 6.61 Å². The van der Waals surface area contributed by atoms with E-state index < -0.39 is 11.6 Å². The van der Waals surface area contributed by atoms with Crippen molar-refractivity contribution >= 4 is 15.9 Å². The molecule has 0 saturated carbocycles. The van der Waals surface area contributed by atoms with Crippen molar-refractivity contribution in [2.75, 3.05) is 7.11 Å². The zero-order chi connectivity index (χ0) is 13.8. The standard InChI is InChI=1S/C14H11BrF2O2/c1-18-10-4-2-9(3-5-10)8-19-14-12(16)7-6-11(15)13(14)17/h2-7H,8H2,1H3. The van der Waals surface area contributed by atoms with Crippen LogP contribution in [0.15, 0.2) is 40.9 Å². The SMILES string of the molecule is COc1ccc(COc2c(F)ccc(Br)c2F)cc1. The summed E-state index contributed by atoms with van der Waals surface area (Å²) in [5.74, 6) is -1.14. The molecule has 0 aliphatic carbocycles. The lowest BCUT2D eigenvalue weighted by molar-refractivity contribution is 0.273. The van der Waals surface area contributed by atoms with Gasteiger partial charge in [0.2, 0.25) is 0 Å². The molecule has 100 valence electrons. The van der Waals surface area contributed by atoms with Gasteiger partial charge in [0.1, 0.15) is 12.4 Å². The van der Waals surface area contributed by atoms with Gasteiger partial charge in [-0.05, 0) is 45.8 Å². The summed E-state index contributed by atoms with van der Waals surface area (Å²) in [6.07, 6.45) is 0. The Morgan fingerprint density at radius 1 is 1.05 bits per heavy atom. The van der Waals surface area contributed by atoms with Gasteiger partial charge in [0.05, 0.1) is 11.6 Å². The first kappa shape index (κ1) is 13.8. The minimum atomic E-state index is -0.742. The number of methoxy groups -OCH3 is 1. The van der Waals surface area contributed by atoms with Gasteiger partial charge in [0.15, 0.2) is 17.4 Å². The van der Waals surface area contributed by atoms with Crippen LogP contribution in [0.2, 0.25) is 0 Å². The highest BCUT2D eigenvalue weighted by Gasteiger charge is 2.13. The van der Waals surface area contributed by atoms with E-state index in [1.54, 1.807) is 31.4 Å². The van der Waals surface area contributed by atoms with Crippen molar-refractivity contribution in [2.45, 2.75) is 6.61 Å². The molecular weight excluding hydrogens is 318 g/mol. The number of ether oxygens (including phenoxy) is 2. The molecule has 0 atom stereocenters. The van der Waals surface area contributed by atoms with E-state index in [4.69, 9.17) is 9.47 Å². The second-order valence-corrected chi connectivity index (χ2v) is 4.66. The highest BCUT2D eigenvalue weighted by molar-refractivity contribution is 9.10. The molecule has 0 aliphatic heterocycles. The first-order chi connectivity index (χ1) is 9.11. The van der Waals surface area contributed by atoms with Gasteiger partial charge in [-0.25, -0.2) is 8.78 Å². The van der Waals surface area contributed by atoms with Crippen molar-refractivity contribution in [1.29, 1.82) is 0 Å². The van der Waals surface area contributed by atoms with Crippen molar-refractivity contribution in [1.82, 2.24) is 0 Å². The summed E-state index contributed by atoms with van der Waals surface area (Å²) < 4.78 is 37.5. The molecule has 0 heterocycles. The summed E-state index contributed by atoms with van der Waals surface area (Å²) in [7, 11) is 1.57. The van der Waals surface area contributed by atoms with Gasteiger partial charge in [-0.3, -0.25) is 0 Å². The Labute approximate surface area is 118 Å². The van der Waals surface area contributed by atoms with Crippen LogP contribution in [0.4, 0.5) is 8.78 Å². The van der Waals surface area contributed by atoms with E-state index in [-0.39, 0.29) is 16.8 Å². The minimum absolute atomic E-state index is 0.0777. The zero-order valence-corrected chi connectivity index (χ0v) is 11.7. The summed E-state index contributed by atoms with van der Waals surface area (Å²) in [5, 5.41) is 0. The van der Waals surface area contributed by atoms with Crippen molar-refractivity contribution in [2.24, 2.45) is 0 Å². The lowest BCUT2D eigenvalue weighted by Gasteiger charge is -2.09. The molecule has 2 rings (SSSR count). The van der Waals surface area contributed by atoms with Crippen molar-refractivity contribution in [3.63, 3.8) is 0 Å². The summed E-state index contributed by atoms with van der Waals surface area (Å²) in [6, 6.07) is 9.50. The van der Waals surface area contributed by atoms with Gasteiger partial charge < -0.3 is 9.47 Å². The van der Waals surface area contributed by atoms with Crippen LogP contribution < -0.4 is 9.47 Å². The van der Waals surface area contributed by atoms with Gasteiger partial charge >= 0.3 is 0 Å². The Hall–Kier alpha value is -1.62. The summed E-state index contributed by atoms with van der Waals surface area (Å²) in [4.78, 5) is 0. The molecule has 2 aromatic carbocycles. The minimum Gasteiger partial charge on any atom is -0.497 e. The maximum atomic E-state index is 13.7. The molecule has 5 heteroatoms. The van der Waals surface area contributed by atoms with Gasteiger partial charge in [0.25, 0.3) is 0 Å². The summed E-state index contributed by atoms with van der Waals surface area (Å²) in [6.45, 7) is 0.0777. The lowest BCUT2D eigenvalue weighted by atomic mass is 10.2. The molecule has 0 unspecified atom stereocenters. The van der Waals surface area contributed by atoms with Crippen LogP contribution in [-0.4, -0.2) is 7.11 Å². The smallest absolute Gasteiger partial charge is 0.192 e. The predicted octanol–water partition coefficient (Wildman–Crippen LogP) is 4.31. The molecule has 0 N–H and O–H groups in total. The monoisotopic (exact) mass is 328 g/mol. The van der Waals surface area contributed by atoms with E-state index in [1.165, 1.54) is 6.07 Å². The Bertz CT molecular complexity index is 570. The van der Waals surface area contributed by atoms with E-state index in [0.717, 1.165) is 11.6 Å². The molecule has 0 radical (unpaired) electrons. The number of rotatable bonds is 4. The Morgan fingerprint density at radius 2 is 1.74 bits per heavy atom. The second kappa shape index (κ2) is 6.02. The highest BCUT2D eigenvalue weighted by Crippen LogP contribution is 2.28. The van der Waals surface area contributed by atoms with Crippen LogP contribution in [0, 0.1) is 11.6 Å². The molecule has 2 aromatic rings. The topological polar surface area (TPSA) is 18.5 Å². The largest absolute Gasteiger partial charge is 0.497 e. The first-order valence-corrected chi connectivity index (χ1v) is 6.30. The number of halogens is 3. The molecule has 0 bridgehead atoms. The van der Waals surface area contributed by atoms with Gasteiger partial charge in [-0.2, -0.15) is 0 Å². The van der Waals surface area contributed by atoms with Crippen LogP contribution in [0.1, 0.15) is 5.56 Å². The highest BCUT2D eigenvalue weighted by atomic mass is 79.9. The van der Waals surface area contributed by atoms with Crippen LogP contribution >= 0.6 is 15.9 Å². The van der Waals surface area contributed by atoms with E-state index in [9.17, 15) is 8.78 Å². The van der Waals surface area contributed by atoms with Crippen LogP contribution in [0.25, 0.3) is 0 Å². The number of benzene rings is 2. The molecule has 0 aliphatic rings. The summed E-state index contributed by atoms with van der Waals surface area (Å²) >= 11 is 2.99. The van der Waals surface area contributed by atoms with Gasteiger partial charge in [0, 0.05) is 0 Å². The average Bonchev–Trinajstić information content (AvgIpc) is 2.44. The van der Waals surface area contributed by atoms with E-state index in [1.807, 2.05) is 0 Å². The average molecular weight is 329 g/mol. The molecule has 0 aromatic heterocycles. The lowest BCUT2D eigenvalue weighted by Crippen LogP contribution is -2.00. The Kier molecular flexibility index (Phi) is 4.37. The third kappa shape index (κ3) is 3.23. The molecular formula is C14H11BrF2O2. The fraction of sp³-hybridized carbons (Fsp3) is 0.143. The van der Waals surface area contributed by atoms with Gasteiger partial charge in [-0.15, -0.1) is 0 Å². The fourth-order valence-corrected chi connectivity index (χ4v) is 1.83. The molecule has 19 heavy (non-hydrogen) atoms. The number of hydrogen-bond acceptors (Lipinski definition) is 2. The van der Waals surface area contributed by atoms with E-state index in [0.29, 0.717) is 5.75 Å². The quantitative estimate of drug-likeness (QED) is 0.778. The predicted molar refractivity (Wildman–Crippen MR) is 71.4 cm³/mol. The van der Waals surface area contributed by atoms with Crippen molar-refractivity contribution in [3.05, 3.63) is 58.1 Å². The normalized spacial score (nSPS) is 10.3. The Morgan fingerprint density at radius 3 is 2.37 bits per heavy atom. The van der Waals surface area contributed by atoms with E-state index in [2.05, 4.69) is 15.9 Å². The van der Waals surface area contributed by atoms with Crippen LogP contribution in [0.3, 0.4) is 0 Å². The fourth-order valence-electron chi connectivity index (χ4n) is 1.52. The third-order valence-electron chi connectivity index (χ3n) is 2.54. The molecule has 2 nitrogen and oxygen atoms in total. The molecule has 0 spiro atoms. The van der Waals surface area contributed by atoms with Crippen LogP contribution in [0.5, 0.6) is 11.5 Å². The second-order valence-electron chi connectivity index (χ2n) is 3.81. The summed E-state index contributed by atoms with van der Waals surface area (Å²) in [5.41, 5.74) is 0.791. The van der Waals surface area contributed by atoms with E-state index >= 15 is 0 Å². The zero-order valence-electron chi connectivity index (χ0n) is 10.1. The Balaban J connectivity index is 2.12. The van der Waals surface area contributed by atoms with Crippen molar-refractivity contribution < 1.29 is 18.3 Å². The van der Waals surface area contributed by atoms with Gasteiger partial charge in [-0.1, -0.05) is 12.1 Å². The number of hydrogen-bond donors (Lipinski definition) is 0. The molecule has 0 saturated heterocycles. The maximum absolute atomic E-state index is 13.7. The molecule has 0 fully saturated rings.